The van der Waals surface area contributed by atoms with Crippen LogP contribution in [0.5, 0.6) is 0 Å². The van der Waals surface area contributed by atoms with E-state index in [1.807, 2.05) is 35.2 Å². The zero-order chi connectivity index (χ0) is 16.8. The molecule has 1 aromatic heterocycles. The lowest BCUT2D eigenvalue weighted by Gasteiger charge is -2.29. The molecule has 1 fully saturated rings. The number of amides is 1. The van der Waals surface area contributed by atoms with E-state index in [2.05, 4.69) is 17.1 Å². The van der Waals surface area contributed by atoms with Gasteiger partial charge in [-0.3, -0.25) is 9.89 Å². The van der Waals surface area contributed by atoms with E-state index in [0.717, 1.165) is 43.7 Å². The lowest BCUT2D eigenvalue weighted by atomic mass is 10.1. The molecule has 1 aliphatic heterocycles. The number of aromatic nitrogens is 2. The standard InChI is InChI=1S/C19H25N3O2/c1-2-11-22(14-16-10-6-7-12-24-16)19(23)17-13-20-21-18(17)15-8-4-3-5-9-15/h3-5,8-9,13,16H,2,6-7,10-12,14H2,1H3,(H,20,21). The summed E-state index contributed by atoms with van der Waals surface area (Å²) in [5.41, 5.74) is 2.39. The molecule has 5 heteroatoms. The summed E-state index contributed by atoms with van der Waals surface area (Å²) in [6, 6.07) is 9.86. The molecule has 0 spiro atoms. The summed E-state index contributed by atoms with van der Waals surface area (Å²) < 4.78 is 5.82. The molecule has 0 aliphatic carbocycles. The molecule has 2 heterocycles. The summed E-state index contributed by atoms with van der Waals surface area (Å²) in [4.78, 5) is 15.0. The molecule has 1 aromatic carbocycles. The lowest BCUT2D eigenvalue weighted by molar-refractivity contribution is -0.00382. The number of nitrogens with one attached hydrogen (secondary N) is 1. The Morgan fingerprint density at radius 2 is 2.17 bits per heavy atom. The number of carbonyl (C=O) groups is 1. The largest absolute Gasteiger partial charge is 0.376 e. The zero-order valence-corrected chi connectivity index (χ0v) is 14.2. The fraction of sp³-hybridized carbons (Fsp3) is 0.474. The van der Waals surface area contributed by atoms with Gasteiger partial charge in [0.1, 0.15) is 0 Å². The SMILES string of the molecule is CCCN(CC1CCCCO1)C(=O)c1cn[nH]c1-c1ccccc1. The van der Waals surface area contributed by atoms with Gasteiger partial charge in [-0.1, -0.05) is 37.3 Å². The molecule has 128 valence electrons. The molecule has 5 nitrogen and oxygen atoms in total. The Kier molecular flexibility index (Phi) is 5.64. The highest BCUT2D eigenvalue weighted by molar-refractivity contribution is 5.99. The van der Waals surface area contributed by atoms with Gasteiger partial charge >= 0.3 is 0 Å². The number of benzene rings is 1. The average Bonchev–Trinajstić information content (AvgIpc) is 3.12. The van der Waals surface area contributed by atoms with Crippen LogP contribution in [0.25, 0.3) is 11.3 Å². The maximum absolute atomic E-state index is 13.1. The van der Waals surface area contributed by atoms with Crippen molar-refractivity contribution >= 4 is 5.91 Å². The number of H-pyrrole nitrogens is 1. The first-order chi connectivity index (χ1) is 11.8. The van der Waals surface area contributed by atoms with Crippen LogP contribution >= 0.6 is 0 Å². The number of carbonyl (C=O) groups excluding carboxylic acids is 1. The van der Waals surface area contributed by atoms with Crippen LogP contribution in [0.4, 0.5) is 0 Å². The first-order valence-corrected chi connectivity index (χ1v) is 8.79. The Morgan fingerprint density at radius 1 is 1.33 bits per heavy atom. The first kappa shape index (κ1) is 16.7. The van der Waals surface area contributed by atoms with E-state index in [9.17, 15) is 4.79 Å². The summed E-state index contributed by atoms with van der Waals surface area (Å²) in [5, 5.41) is 7.08. The Balaban J connectivity index is 1.79. The molecular weight excluding hydrogens is 302 g/mol. The van der Waals surface area contributed by atoms with Crippen LogP contribution < -0.4 is 0 Å². The molecule has 24 heavy (non-hydrogen) atoms. The number of aromatic amines is 1. The van der Waals surface area contributed by atoms with Crippen molar-refractivity contribution in [1.29, 1.82) is 0 Å². The number of nitrogens with zero attached hydrogens (tertiary/aromatic N) is 2. The van der Waals surface area contributed by atoms with Crippen LogP contribution in [0.3, 0.4) is 0 Å². The molecule has 0 bridgehead atoms. The van der Waals surface area contributed by atoms with Crippen molar-refractivity contribution in [3.8, 4) is 11.3 Å². The summed E-state index contributed by atoms with van der Waals surface area (Å²) in [6.45, 7) is 4.29. The van der Waals surface area contributed by atoms with Crippen LogP contribution in [0.1, 0.15) is 43.0 Å². The average molecular weight is 327 g/mol. The van der Waals surface area contributed by atoms with Crippen molar-refractivity contribution in [3.63, 3.8) is 0 Å². The van der Waals surface area contributed by atoms with Crippen LogP contribution in [0.2, 0.25) is 0 Å². The van der Waals surface area contributed by atoms with Crippen molar-refractivity contribution in [2.45, 2.75) is 38.7 Å². The molecule has 1 unspecified atom stereocenters. The first-order valence-electron chi connectivity index (χ1n) is 8.79. The normalized spacial score (nSPS) is 17.6. The highest BCUT2D eigenvalue weighted by atomic mass is 16.5. The third-order valence-electron chi connectivity index (χ3n) is 4.41. The van der Waals surface area contributed by atoms with Crippen LogP contribution in [0.15, 0.2) is 36.5 Å². The Morgan fingerprint density at radius 3 is 2.88 bits per heavy atom. The van der Waals surface area contributed by atoms with E-state index >= 15 is 0 Å². The van der Waals surface area contributed by atoms with Gasteiger partial charge in [-0.05, 0) is 25.7 Å². The molecule has 2 aromatic rings. The quantitative estimate of drug-likeness (QED) is 0.883. The van der Waals surface area contributed by atoms with Crippen LogP contribution in [-0.4, -0.2) is 46.8 Å². The number of ether oxygens (including phenoxy) is 1. The molecule has 1 atom stereocenters. The summed E-state index contributed by atoms with van der Waals surface area (Å²) >= 11 is 0. The fourth-order valence-corrected chi connectivity index (χ4v) is 3.19. The van der Waals surface area contributed by atoms with E-state index in [1.54, 1.807) is 6.20 Å². The Hall–Kier alpha value is -2.14. The third kappa shape index (κ3) is 3.85. The van der Waals surface area contributed by atoms with Crippen molar-refractivity contribution in [1.82, 2.24) is 15.1 Å². The van der Waals surface area contributed by atoms with E-state index in [1.165, 1.54) is 6.42 Å². The van der Waals surface area contributed by atoms with Crippen LogP contribution in [-0.2, 0) is 4.74 Å². The second-order valence-corrected chi connectivity index (χ2v) is 6.26. The minimum absolute atomic E-state index is 0.0265. The molecule has 0 radical (unpaired) electrons. The molecular formula is C19H25N3O2. The van der Waals surface area contributed by atoms with Gasteiger partial charge in [0, 0.05) is 25.3 Å². The van der Waals surface area contributed by atoms with E-state index < -0.39 is 0 Å². The van der Waals surface area contributed by atoms with Gasteiger partial charge in [-0.15, -0.1) is 0 Å². The maximum atomic E-state index is 13.1. The Labute approximate surface area is 143 Å². The van der Waals surface area contributed by atoms with Gasteiger partial charge in [-0.25, -0.2) is 0 Å². The van der Waals surface area contributed by atoms with Gasteiger partial charge in [0.2, 0.25) is 0 Å². The second-order valence-electron chi connectivity index (χ2n) is 6.26. The van der Waals surface area contributed by atoms with Gasteiger partial charge in [0.25, 0.3) is 5.91 Å². The third-order valence-corrected chi connectivity index (χ3v) is 4.41. The smallest absolute Gasteiger partial charge is 0.257 e. The molecule has 1 aliphatic rings. The second kappa shape index (κ2) is 8.11. The van der Waals surface area contributed by atoms with E-state index in [0.29, 0.717) is 12.1 Å². The molecule has 1 saturated heterocycles. The van der Waals surface area contributed by atoms with Crippen molar-refractivity contribution in [3.05, 3.63) is 42.1 Å². The van der Waals surface area contributed by atoms with E-state index in [4.69, 9.17) is 4.74 Å². The summed E-state index contributed by atoms with van der Waals surface area (Å²) in [6.07, 6.45) is 6.05. The van der Waals surface area contributed by atoms with Gasteiger partial charge in [0.15, 0.2) is 0 Å². The fourth-order valence-electron chi connectivity index (χ4n) is 3.19. The van der Waals surface area contributed by atoms with Crippen molar-refractivity contribution in [2.24, 2.45) is 0 Å². The zero-order valence-electron chi connectivity index (χ0n) is 14.2. The van der Waals surface area contributed by atoms with Gasteiger partial charge in [-0.2, -0.15) is 5.10 Å². The van der Waals surface area contributed by atoms with Crippen LogP contribution in [0, 0.1) is 0 Å². The van der Waals surface area contributed by atoms with Crippen molar-refractivity contribution in [2.75, 3.05) is 19.7 Å². The number of hydrogen-bond acceptors (Lipinski definition) is 3. The lowest BCUT2D eigenvalue weighted by Crippen LogP contribution is -2.40. The summed E-state index contributed by atoms with van der Waals surface area (Å²) in [5.74, 6) is 0.0265. The minimum atomic E-state index is 0.0265. The number of hydrogen-bond donors (Lipinski definition) is 1. The minimum Gasteiger partial charge on any atom is -0.376 e. The maximum Gasteiger partial charge on any atom is 0.257 e. The highest BCUT2D eigenvalue weighted by Crippen LogP contribution is 2.23. The van der Waals surface area contributed by atoms with Gasteiger partial charge < -0.3 is 9.64 Å². The Bertz CT molecular complexity index is 648. The molecule has 1 amide bonds. The molecule has 0 saturated carbocycles. The topological polar surface area (TPSA) is 58.2 Å². The summed E-state index contributed by atoms with van der Waals surface area (Å²) in [7, 11) is 0. The predicted octanol–water partition coefficient (Wildman–Crippen LogP) is 3.50. The predicted molar refractivity (Wildman–Crippen MR) is 93.8 cm³/mol. The number of rotatable bonds is 6. The molecule has 1 N–H and O–H groups in total. The van der Waals surface area contributed by atoms with E-state index in [-0.39, 0.29) is 12.0 Å². The van der Waals surface area contributed by atoms with Gasteiger partial charge in [0.05, 0.1) is 23.6 Å². The molecule has 3 rings (SSSR count). The highest BCUT2D eigenvalue weighted by Gasteiger charge is 2.24. The monoisotopic (exact) mass is 327 g/mol. The van der Waals surface area contributed by atoms with Crippen molar-refractivity contribution < 1.29 is 9.53 Å².